The van der Waals surface area contributed by atoms with Crippen molar-refractivity contribution in [1.29, 1.82) is 0 Å². The van der Waals surface area contributed by atoms with Gasteiger partial charge in [0.05, 0.1) is 5.75 Å². The number of hydrogen-bond donors (Lipinski definition) is 0. The Kier molecular flexibility index (Phi) is 2.74. The Morgan fingerprint density at radius 3 is 2.58 bits per heavy atom. The molecule has 0 N–H and O–H groups in total. The van der Waals surface area contributed by atoms with Crippen molar-refractivity contribution in [3.05, 3.63) is 23.1 Å². The maximum atomic E-state index is 12.0. The molecule has 3 nitrogen and oxygen atoms in total. The van der Waals surface area contributed by atoms with Gasteiger partial charge in [0.15, 0.2) is 5.22 Å². The molecule has 0 saturated carbocycles. The zero-order valence-corrected chi connectivity index (χ0v) is 7.53. The molecule has 1 aromatic rings. The lowest BCUT2D eigenvalue weighted by Crippen LogP contribution is -2.00. The largest absolute Gasteiger partial charge is 0.450 e. The van der Waals surface area contributed by atoms with Crippen molar-refractivity contribution in [1.82, 2.24) is 0 Å². The molecule has 0 aliphatic carbocycles. The molecular weight excluding hydrogens is 207 g/mol. The summed E-state index contributed by atoms with van der Waals surface area (Å²) < 4.78 is 36.9. The van der Waals surface area contributed by atoms with Gasteiger partial charge in [0, 0.05) is 6.42 Å². The molecule has 1 aromatic heterocycles. The van der Waals surface area contributed by atoms with E-state index in [1.54, 1.807) is 0 Å². The average molecular weight is 213 g/mol. The van der Waals surface area contributed by atoms with Gasteiger partial charge in [0.1, 0.15) is 5.76 Å². The molecule has 0 bridgehead atoms. The van der Waals surface area contributed by atoms with E-state index in [-0.39, 0.29) is 11.6 Å². The number of furan rings is 1. The fraction of sp³-hybridized carbons (Fsp3) is 0.333. The minimum Gasteiger partial charge on any atom is -0.450 e. The van der Waals surface area contributed by atoms with Gasteiger partial charge < -0.3 is 4.42 Å². The molecule has 6 heteroatoms. The van der Waals surface area contributed by atoms with E-state index in [4.69, 9.17) is 16.0 Å². The fourth-order valence-corrected chi connectivity index (χ4v) is 1.32. The maximum absolute atomic E-state index is 12.0. The van der Waals surface area contributed by atoms with Crippen molar-refractivity contribution < 1.29 is 16.7 Å². The highest BCUT2D eigenvalue weighted by Gasteiger charge is 2.09. The van der Waals surface area contributed by atoms with E-state index < -0.39 is 16.0 Å². The highest BCUT2D eigenvalue weighted by molar-refractivity contribution is 7.86. The third-order valence-electron chi connectivity index (χ3n) is 1.22. The van der Waals surface area contributed by atoms with Crippen LogP contribution in [0.1, 0.15) is 5.76 Å². The van der Waals surface area contributed by atoms with Crippen LogP contribution in [-0.4, -0.2) is 14.2 Å². The second-order valence-electron chi connectivity index (χ2n) is 2.20. The van der Waals surface area contributed by atoms with Gasteiger partial charge in [-0.1, -0.05) is 0 Å². The van der Waals surface area contributed by atoms with Crippen LogP contribution in [0.25, 0.3) is 0 Å². The smallest absolute Gasteiger partial charge is 0.302 e. The van der Waals surface area contributed by atoms with Crippen molar-refractivity contribution in [3.63, 3.8) is 0 Å². The summed E-state index contributed by atoms with van der Waals surface area (Å²) in [5.41, 5.74) is 0. The van der Waals surface area contributed by atoms with Crippen molar-refractivity contribution in [2.24, 2.45) is 0 Å². The standard InChI is InChI=1S/C6H6ClFO3S/c7-6-2-1-5(11-6)3-4-12(8,9)10/h1-2H,3-4H2. The highest BCUT2D eigenvalue weighted by atomic mass is 35.5. The molecule has 0 atom stereocenters. The number of aryl methyl sites for hydroxylation is 1. The van der Waals surface area contributed by atoms with E-state index in [0.717, 1.165) is 0 Å². The van der Waals surface area contributed by atoms with Crippen molar-refractivity contribution in [3.8, 4) is 0 Å². The first kappa shape index (κ1) is 9.54. The van der Waals surface area contributed by atoms with Crippen LogP contribution in [-0.2, 0) is 16.6 Å². The van der Waals surface area contributed by atoms with Gasteiger partial charge in [-0.15, -0.1) is 3.89 Å². The van der Waals surface area contributed by atoms with Gasteiger partial charge in [-0.2, -0.15) is 8.42 Å². The topological polar surface area (TPSA) is 47.3 Å². The molecule has 1 rings (SSSR count). The molecule has 0 saturated heterocycles. The van der Waals surface area contributed by atoms with Crippen LogP contribution in [0.3, 0.4) is 0 Å². The SMILES string of the molecule is O=S(=O)(F)CCc1ccc(Cl)o1. The van der Waals surface area contributed by atoms with Gasteiger partial charge in [0.2, 0.25) is 0 Å². The Balaban J connectivity index is 2.55. The number of hydrogen-bond acceptors (Lipinski definition) is 3. The van der Waals surface area contributed by atoms with E-state index in [1.807, 2.05) is 0 Å². The minimum absolute atomic E-state index is 0.00551. The molecular formula is C6H6ClFO3S. The van der Waals surface area contributed by atoms with Crippen molar-refractivity contribution in [2.75, 3.05) is 5.75 Å². The van der Waals surface area contributed by atoms with E-state index in [9.17, 15) is 12.3 Å². The van der Waals surface area contributed by atoms with Crippen LogP contribution >= 0.6 is 11.6 Å². The molecule has 0 amide bonds. The third kappa shape index (κ3) is 3.23. The monoisotopic (exact) mass is 212 g/mol. The van der Waals surface area contributed by atoms with Crippen LogP contribution in [0.15, 0.2) is 16.5 Å². The minimum atomic E-state index is -4.42. The summed E-state index contributed by atoms with van der Waals surface area (Å²) in [5.74, 6) is -0.210. The molecule has 1 heterocycles. The van der Waals surface area contributed by atoms with E-state index in [1.165, 1.54) is 12.1 Å². The average Bonchev–Trinajstić information content (AvgIpc) is 2.30. The van der Waals surface area contributed by atoms with Gasteiger partial charge >= 0.3 is 10.2 Å². The molecule has 68 valence electrons. The fourth-order valence-electron chi connectivity index (χ4n) is 0.709. The number of rotatable bonds is 3. The van der Waals surface area contributed by atoms with Crippen LogP contribution in [0.4, 0.5) is 3.89 Å². The van der Waals surface area contributed by atoms with Gasteiger partial charge in [-0.25, -0.2) is 0 Å². The Morgan fingerprint density at radius 1 is 1.50 bits per heavy atom. The summed E-state index contributed by atoms with van der Waals surface area (Å²) in [7, 11) is -4.42. The Morgan fingerprint density at radius 2 is 2.17 bits per heavy atom. The molecule has 0 aromatic carbocycles. The van der Waals surface area contributed by atoms with Gasteiger partial charge in [-0.3, -0.25) is 0 Å². The zero-order chi connectivity index (χ0) is 9.19. The van der Waals surface area contributed by atoms with E-state index >= 15 is 0 Å². The van der Waals surface area contributed by atoms with Crippen molar-refractivity contribution in [2.45, 2.75) is 6.42 Å². The predicted octanol–water partition coefficient (Wildman–Crippen LogP) is 1.77. The molecule has 12 heavy (non-hydrogen) atoms. The number of halogens is 2. The molecule has 0 spiro atoms. The second-order valence-corrected chi connectivity index (χ2v) is 4.06. The summed E-state index contributed by atoms with van der Waals surface area (Å²) in [6, 6.07) is 2.98. The van der Waals surface area contributed by atoms with E-state index in [0.29, 0.717) is 5.76 Å². The molecule has 0 aliphatic heterocycles. The van der Waals surface area contributed by atoms with Gasteiger partial charge in [-0.05, 0) is 23.7 Å². The molecule has 0 aliphatic rings. The third-order valence-corrected chi connectivity index (χ3v) is 2.12. The summed E-state index contributed by atoms with van der Waals surface area (Å²) in [6.07, 6.45) is 0.00551. The van der Waals surface area contributed by atoms with Crippen LogP contribution in [0.5, 0.6) is 0 Å². The first-order valence-corrected chi connectivity index (χ1v) is 5.07. The quantitative estimate of drug-likeness (QED) is 0.718. The normalized spacial score (nSPS) is 11.8. The van der Waals surface area contributed by atoms with Crippen LogP contribution in [0.2, 0.25) is 5.22 Å². The Bertz CT molecular complexity index is 357. The van der Waals surface area contributed by atoms with E-state index in [2.05, 4.69) is 0 Å². The van der Waals surface area contributed by atoms with Gasteiger partial charge in [0.25, 0.3) is 0 Å². The summed E-state index contributed by atoms with van der Waals surface area (Å²) >= 11 is 5.40. The Hall–Kier alpha value is -0.550. The zero-order valence-electron chi connectivity index (χ0n) is 5.96. The molecule has 0 radical (unpaired) electrons. The molecule has 0 fully saturated rings. The first-order chi connectivity index (χ1) is 5.47. The lowest BCUT2D eigenvalue weighted by molar-refractivity contribution is 0.509. The highest BCUT2D eigenvalue weighted by Crippen LogP contribution is 2.14. The van der Waals surface area contributed by atoms with Crippen molar-refractivity contribution >= 4 is 21.8 Å². The Labute approximate surface area is 74.3 Å². The lowest BCUT2D eigenvalue weighted by Gasteiger charge is -1.91. The molecule has 0 unspecified atom stereocenters. The summed E-state index contributed by atoms with van der Waals surface area (Å²) in [6.45, 7) is 0. The summed E-state index contributed by atoms with van der Waals surface area (Å²) in [4.78, 5) is 0. The van der Waals surface area contributed by atoms with Crippen LogP contribution in [0, 0.1) is 0 Å². The maximum Gasteiger partial charge on any atom is 0.302 e. The summed E-state index contributed by atoms with van der Waals surface area (Å²) in [5, 5.41) is 0.168. The van der Waals surface area contributed by atoms with Crippen LogP contribution < -0.4 is 0 Å². The first-order valence-electron chi connectivity index (χ1n) is 3.14. The second kappa shape index (κ2) is 3.45. The lowest BCUT2D eigenvalue weighted by atomic mass is 10.4. The predicted molar refractivity (Wildman–Crippen MR) is 42.3 cm³/mol.